The topological polar surface area (TPSA) is 26.0 Å². The van der Waals surface area contributed by atoms with E-state index in [9.17, 15) is 4.39 Å². The van der Waals surface area contributed by atoms with E-state index >= 15 is 0 Å². The standard InChI is InChI=1S/C11H15ClFN/c1-2-8(7-14)5-9-3-4-10(12)6-11(9)13/h3-4,6,8H,2,5,7,14H2,1H3. The monoisotopic (exact) mass is 215 g/mol. The molecule has 1 unspecified atom stereocenters. The summed E-state index contributed by atoms with van der Waals surface area (Å²) in [4.78, 5) is 0. The Balaban J connectivity index is 2.76. The molecule has 0 amide bonds. The first-order chi connectivity index (χ1) is 6.67. The van der Waals surface area contributed by atoms with E-state index in [1.54, 1.807) is 12.1 Å². The molecule has 1 nitrogen and oxygen atoms in total. The number of benzene rings is 1. The van der Waals surface area contributed by atoms with Gasteiger partial charge in [0.2, 0.25) is 0 Å². The molecule has 0 aliphatic rings. The summed E-state index contributed by atoms with van der Waals surface area (Å²) in [7, 11) is 0. The Labute approximate surface area is 89.1 Å². The largest absolute Gasteiger partial charge is 0.330 e. The van der Waals surface area contributed by atoms with Crippen molar-refractivity contribution in [3.63, 3.8) is 0 Å². The molecular formula is C11H15ClFN. The Morgan fingerprint density at radius 3 is 2.71 bits per heavy atom. The highest BCUT2D eigenvalue weighted by Crippen LogP contribution is 2.18. The lowest BCUT2D eigenvalue weighted by atomic mass is 9.97. The molecule has 0 aliphatic carbocycles. The van der Waals surface area contributed by atoms with Crippen LogP contribution in [-0.2, 0) is 6.42 Å². The summed E-state index contributed by atoms with van der Waals surface area (Å²) in [5.41, 5.74) is 6.26. The summed E-state index contributed by atoms with van der Waals surface area (Å²) in [6, 6.07) is 4.79. The van der Waals surface area contributed by atoms with Gasteiger partial charge >= 0.3 is 0 Å². The molecule has 0 aliphatic heterocycles. The first kappa shape index (κ1) is 11.5. The van der Waals surface area contributed by atoms with Crippen LogP contribution in [0.25, 0.3) is 0 Å². The second-order valence-corrected chi connectivity index (χ2v) is 3.89. The number of hydrogen-bond acceptors (Lipinski definition) is 1. The molecule has 0 saturated carbocycles. The van der Waals surface area contributed by atoms with E-state index in [4.69, 9.17) is 17.3 Å². The Morgan fingerprint density at radius 2 is 2.21 bits per heavy atom. The van der Waals surface area contributed by atoms with Gasteiger partial charge in [-0.3, -0.25) is 0 Å². The quantitative estimate of drug-likeness (QED) is 0.821. The van der Waals surface area contributed by atoms with E-state index in [1.165, 1.54) is 6.07 Å². The van der Waals surface area contributed by atoms with Crippen LogP contribution in [0.5, 0.6) is 0 Å². The van der Waals surface area contributed by atoms with Crippen LogP contribution in [0.15, 0.2) is 18.2 Å². The molecule has 0 bridgehead atoms. The zero-order valence-corrected chi connectivity index (χ0v) is 9.02. The molecule has 0 radical (unpaired) electrons. The lowest BCUT2D eigenvalue weighted by molar-refractivity contribution is 0.500. The van der Waals surface area contributed by atoms with Gasteiger partial charge in [0.15, 0.2) is 0 Å². The maximum absolute atomic E-state index is 13.4. The summed E-state index contributed by atoms with van der Waals surface area (Å²) in [5, 5.41) is 0.437. The van der Waals surface area contributed by atoms with Gasteiger partial charge in [-0.2, -0.15) is 0 Å². The smallest absolute Gasteiger partial charge is 0.127 e. The predicted molar refractivity (Wildman–Crippen MR) is 57.9 cm³/mol. The van der Waals surface area contributed by atoms with E-state index in [2.05, 4.69) is 6.92 Å². The molecule has 1 rings (SSSR count). The fourth-order valence-electron chi connectivity index (χ4n) is 1.39. The van der Waals surface area contributed by atoms with Crippen LogP contribution in [-0.4, -0.2) is 6.54 Å². The maximum Gasteiger partial charge on any atom is 0.127 e. The van der Waals surface area contributed by atoms with Gasteiger partial charge in [0.1, 0.15) is 5.82 Å². The van der Waals surface area contributed by atoms with E-state index in [-0.39, 0.29) is 5.82 Å². The molecule has 1 atom stereocenters. The minimum absolute atomic E-state index is 0.232. The SMILES string of the molecule is CCC(CN)Cc1ccc(Cl)cc1F. The third-order valence-corrected chi connectivity index (χ3v) is 2.67. The van der Waals surface area contributed by atoms with Crippen molar-refractivity contribution in [2.24, 2.45) is 11.7 Å². The van der Waals surface area contributed by atoms with Gasteiger partial charge in [-0.15, -0.1) is 0 Å². The second-order valence-electron chi connectivity index (χ2n) is 3.45. The molecule has 0 saturated heterocycles. The van der Waals surface area contributed by atoms with Crippen molar-refractivity contribution in [2.75, 3.05) is 6.54 Å². The Bertz CT molecular complexity index is 297. The van der Waals surface area contributed by atoms with Crippen molar-refractivity contribution >= 4 is 11.6 Å². The van der Waals surface area contributed by atoms with Crippen molar-refractivity contribution in [3.8, 4) is 0 Å². The minimum Gasteiger partial charge on any atom is -0.330 e. The zero-order chi connectivity index (χ0) is 10.6. The number of rotatable bonds is 4. The zero-order valence-electron chi connectivity index (χ0n) is 8.26. The van der Waals surface area contributed by atoms with E-state index in [1.807, 2.05) is 0 Å². The van der Waals surface area contributed by atoms with Gasteiger partial charge in [-0.05, 0) is 36.6 Å². The number of halogens is 2. The van der Waals surface area contributed by atoms with Crippen molar-refractivity contribution in [1.29, 1.82) is 0 Å². The molecule has 0 aromatic heterocycles. The average Bonchev–Trinajstić information content (AvgIpc) is 2.17. The third-order valence-electron chi connectivity index (χ3n) is 2.43. The fraction of sp³-hybridized carbons (Fsp3) is 0.455. The molecule has 14 heavy (non-hydrogen) atoms. The normalized spacial score (nSPS) is 12.9. The molecular weight excluding hydrogens is 201 g/mol. The Kier molecular flexibility index (Phi) is 4.36. The fourth-order valence-corrected chi connectivity index (χ4v) is 1.55. The van der Waals surface area contributed by atoms with Crippen LogP contribution in [0.1, 0.15) is 18.9 Å². The predicted octanol–water partition coefficient (Wildman–Crippen LogP) is 3.01. The van der Waals surface area contributed by atoms with Crippen LogP contribution in [0, 0.1) is 11.7 Å². The van der Waals surface area contributed by atoms with E-state index in [0.29, 0.717) is 29.5 Å². The summed E-state index contributed by atoms with van der Waals surface area (Å²) in [5.74, 6) is 0.120. The number of nitrogens with two attached hydrogens (primary N) is 1. The van der Waals surface area contributed by atoms with Gasteiger partial charge < -0.3 is 5.73 Å². The van der Waals surface area contributed by atoms with Crippen molar-refractivity contribution < 1.29 is 4.39 Å². The van der Waals surface area contributed by atoms with Gasteiger partial charge in [-0.1, -0.05) is 31.0 Å². The highest BCUT2D eigenvalue weighted by atomic mass is 35.5. The van der Waals surface area contributed by atoms with Gasteiger partial charge in [0.05, 0.1) is 0 Å². The van der Waals surface area contributed by atoms with Crippen molar-refractivity contribution in [1.82, 2.24) is 0 Å². The van der Waals surface area contributed by atoms with Crippen molar-refractivity contribution in [3.05, 3.63) is 34.6 Å². The van der Waals surface area contributed by atoms with E-state index < -0.39 is 0 Å². The lowest BCUT2D eigenvalue weighted by Crippen LogP contribution is -2.16. The summed E-state index contributed by atoms with van der Waals surface area (Å²) >= 11 is 5.66. The first-order valence-electron chi connectivity index (χ1n) is 4.81. The molecule has 0 heterocycles. The maximum atomic E-state index is 13.4. The average molecular weight is 216 g/mol. The highest BCUT2D eigenvalue weighted by molar-refractivity contribution is 6.30. The Hall–Kier alpha value is -0.600. The molecule has 78 valence electrons. The molecule has 0 fully saturated rings. The summed E-state index contributed by atoms with van der Waals surface area (Å²) in [6.45, 7) is 2.66. The minimum atomic E-state index is -0.232. The van der Waals surface area contributed by atoms with Gasteiger partial charge in [-0.25, -0.2) is 4.39 Å². The van der Waals surface area contributed by atoms with Crippen LogP contribution in [0.2, 0.25) is 5.02 Å². The Morgan fingerprint density at radius 1 is 1.50 bits per heavy atom. The van der Waals surface area contributed by atoms with Crippen LogP contribution in [0.4, 0.5) is 4.39 Å². The second kappa shape index (κ2) is 5.32. The lowest BCUT2D eigenvalue weighted by Gasteiger charge is -2.12. The molecule has 1 aromatic carbocycles. The summed E-state index contributed by atoms with van der Waals surface area (Å²) < 4.78 is 13.4. The van der Waals surface area contributed by atoms with E-state index in [0.717, 1.165) is 6.42 Å². The van der Waals surface area contributed by atoms with Crippen LogP contribution >= 0.6 is 11.6 Å². The summed E-state index contributed by atoms with van der Waals surface area (Å²) in [6.07, 6.45) is 1.66. The number of hydrogen-bond donors (Lipinski definition) is 1. The first-order valence-corrected chi connectivity index (χ1v) is 5.19. The van der Waals surface area contributed by atoms with Gasteiger partial charge in [0.25, 0.3) is 0 Å². The molecule has 0 spiro atoms. The van der Waals surface area contributed by atoms with Crippen molar-refractivity contribution in [2.45, 2.75) is 19.8 Å². The van der Waals surface area contributed by atoms with Crippen LogP contribution in [0.3, 0.4) is 0 Å². The van der Waals surface area contributed by atoms with Crippen LogP contribution < -0.4 is 5.73 Å². The molecule has 2 N–H and O–H groups in total. The highest BCUT2D eigenvalue weighted by Gasteiger charge is 2.09. The third kappa shape index (κ3) is 2.96. The molecule has 3 heteroatoms. The molecule has 1 aromatic rings. The van der Waals surface area contributed by atoms with Gasteiger partial charge in [0, 0.05) is 5.02 Å².